The van der Waals surface area contributed by atoms with E-state index in [1.165, 1.54) is 35.4 Å². The Balaban J connectivity index is 1.34. The quantitative estimate of drug-likeness (QED) is 0.404. The van der Waals surface area contributed by atoms with E-state index in [9.17, 15) is 13.6 Å². The van der Waals surface area contributed by atoms with Crippen LogP contribution >= 0.6 is 0 Å². The lowest BCUT2D eigenvalue weighted by molar-refractivity contribution is 0.102. The second-order valence-corrected chi connectivity index (χ2v) is 8.88. The van der Waals surface area contributed by atoms with Crippen molar-refractivity contribution in [2.24, 2.45) is 0 Å². The average Bonchev–Trinajstić information content (AvgIpc) is 3.47. The molecule has 2 N–H and O–H groups in total. The topological polar surface area (TPSA) is 78.8 Å². The summed E-state index contributed by atoms with van der Waals surface area (Å²) in [4.78, 5) is 26.2. The van der Waals surface area contributed by atoms with E-state index in [1.54, 1.807) is 24.5 Å². The first kappa shape index (κ1) is 19.5. The number of hydrogen-bond donors (Lipinski definition) is 2. The summed E-state index contributed by atoms with van der Waals surface area (Å²) in [7, 11) is 0. The van der Waals surface area contributed by atoms with E-state index in [1.807, 2.05) is 18.4 Å². The number of likely N-dealkylation sites (tertiary alicyclic amines) is 1. The van der Waals surface area contributed by atoms with E-state index in [-0.39, 0.29) is 29.2 Å². The highest BCUT2D eigenvalue weighted by molar-refractivity contribution is 6.03. The van der Waals surface area contributed by atoms with Gasteiger partial charge in [0.05, 0.1) is 17.7 Å². The average molecular weight is 480 g/mol. The normalized spacial score (nSPS) is 16.0. The van der Waals surface area contributed by atoms with Crippen molar-refractivity contribution in [3.63, 3.8) is 0 Å². The number of rotatable bonds is 6. The van der Waals surface area contributed by atoms with E-state index in [2.05, 4.69) is 20.3 Å². The lowest BCUT2D eigenvalue weighted by Gasteiger charge is -2.36. The molecule has 0 radical (unpaired) electrons. The van der Waals surface area contributed by atoms with Gasteiger partial charge in [-0.3, -0.25) is 4.79 Å². The number of nitrogens with zero attached hydrogens (tertiary/aromatic N) is 4. The van der Waals surface area contributed by atoms with Gasteiger partial charge in [-0.1, -0.05) is 6.07 Å². The third kappa shape index (κ3) is 4.46. The highest BCUT2D eigenvalue weighted by Gasteiger charge is 2.26. The van der Waals surface area contributed by atoms with Crippen LogP contribution in [0, 0.1) is 11.6 Å². The van der Waals surface area contributed by atoms with Crippen molar-refractivity contribution in [1.29, 1.82) is 0 Å². The van der Waals surface area contributed by atoms with Gasteiger partial charge in [0.1, 0.15) is 23.0 Å². The number of carbonyl (C=O) groups is 1. The molecule has 9 heteroatoms. The van der Waals surface area contributed by atoms with Crippen molar-refractivity contribution in [1.82, 2.24) is 24.4 Å². The third-order valence-corrected chi connectivity index (χ3v) is 6.10. The molecule has 0 unspecified atom stereocenters. The number of carbonyl (C=O) groups excluding carboxylic acids is 1. The Morgan fingerprint density at radius 1 is 1.20 bits per heavy atom. The van der Waals surface area contributed by atoms with Gasteiger partial charge in [0.25, 0.3) is 5.91 Å². The number of imidazole rings is 2. The third-order valence-electron chi connectivity index (χ3n) is 6.10. The Labute approximate surface area is 206 Å². The smallest absolute Gasteiger partial charge is 0.275 e. The molecule has 1 fully saturated rings. The predicted molar refractivity (Wildman–Crippen MR) is 130 cm³/mol. The standard InChI is InChI=1S/C26H26F2N6O/c1-15(2)34-14-30-23(16-4-7-19(27)8-5-16)24(34)25-29-11-22(31-25)26(35)32-21-9-6-17(10-20(21)28)18-12-33(3)13-18/h4-11,14-15,18H,12-13H2,1-3H3,(H,29,31)(H,32,35)/i3D3. The van der Waals surface area contributed by atoms with Crippen LogP contribution in [0.15, 0.2) is 55.0 Å². The van der Waals surface area contributed by atoms with Gasteiger partial charge in [-0.05, 0) is 62.8 Å². The Morgan fingerprint density at radius 2 is 1.97 bits per heavy atom. The summed E-state index contributed by atoms with van der Waals surface area (Å²) >= 11 is 0. The van der Waals surface area contributed by atoms with E-state index in [4.69, 9.17) is 4.11 Å². The molecule has 5 rings (SSSR count). The van der Waals surface area contributed by atoms with Gasteiger partial charge >= 0.3 is 0 Å². The monoisotopic (exact) mass is 479 g/mol. The van der Waals surface area contributed by atoms with Crippen molar-refractivity contribution in [3.8, 4) is 22.8 Å². The van der Waals surface area contributed by atoms with Gasteiger partial charge in [0.2, 0.25) is 0 Å². The second-order valence-electron chi connectivity index (χ2n) is 8.88. The van der Waals surface area contributed by atoms with Crippen molar-refractivity contribution < 1.29 is 17.7 Å². The highest BCUT2D eigenvalue weighted by Crippen LogP contribution is 2.32. The number of likely N-dealkylation sites (N-methyl/N-ethyl adjacent to an activating group) is 1. The Morgan fingerprint density at radius 3 is 2.66 bits per heavy atom. The van der Waals surface area contributed by atoms with Gasteiger partial charge in [0.15, 0.2) is 5.82 Å². The number of halogens is 2. The summed E-state index contributed by atoms with van der Waals surface area (Å²) in [6, 6.07) is 10.5. The molecule has 3 heterocycles. The van der Waals surface area contributed by atoms with Crippen LogP contribution in [0.25, 0.3) is 22.8 Å². The summed E-state index contributed by atoms with van der Waals surface area (Å²) in [6.45, 7) is 2.45. The number of anilines is 1. The fourth-order valence-corrected chi connectivity index (χ4v) is 4.13. The maximum atomic E-state index is 14.8. The van der Waals surface area contributed by atoms with Crippen molar-refractivity contribution in [3.05, 3.63) is 77.9 Å². The molecule has 1 saturated heterocycles. The van der Waals surface area contributed by atoms with Crippen LogP contribution in [0.1, 0.15) is 46.0 Å². The summed E-state index contributed by atoms with van der Waals surface area (Å²) in [6.07, 6.45) is 3.10. The van der Waals surface area contributed by atoms with Crippen LogP contribution in [0.4, 0.5) is 14.5 Å². The molecule has 7 nitrogen and oxygen atoms in total. The minimum absolute atomic E-state index is 0.00507. The van der Waals surface area contributed by atoms with Gasteiger partial charge in [-0.2, -0.15) is 0 Å². The van der Waals surface area contributed by atoms with E-state index in [0.29, 0.717) is 41.4 Å². The van der Waals surface area contributed by atoms with E-state index in [0.717, 1.165) is 0 Å². The molecule has 1 amide bonds. The van der Waals surface area contributed by atoms with E-state index < -0.39 is 18.7 Å². The molecule has 2 aromatic heterocycles. The molecule has 1 aliphatic heterocycles. The van der Waals surface area contributed by atoms with Crippen molar-refractivity contribution in [2.45, 2.75) is 25.8 Å². The molecule has 0 bridgehead atoms. The predicted octanol–water partition coefficient (Wildman–Crippen LogP) is 5.08. The molecule has 0 saturated carbocycles. The number of benzene rings is 2. The van der Waals surface area contributed by atoms with Crippen LogP contribution in [0.2, 0.25) is 0 Å². The molecule has 1 aliphatic rings. The zero-order valence-electron chi connectivity index (χ0n) is 22.2. The lowest BCUT2D eigenvalue weighted by atomic mass is 9.92. The first-order valence-corrected chi connectivity index (χ1v) is 11.3. The van der Waals surface area contributed by atoms with E-state index >= 15 is 0 Å². The Bertz CT molecular complexity index is 1470. The Kier molecular flexibility index (Phi) is 5.04. The van der Waals surface area contributed by atoms with Crippen LogP contribution in [0.5, 0.6) is 0 Å². The number of hydrogen-bond acceptors (Lipinski definition) is 4. The van der Waals surface area contributed by atoms with Gasteiger partial charge in [-0.25, -0.2) is 18.7 Å². The zero-order chi connectivity index (χ0) is 27.2. The maximum absolute atomic E-state index is 14.8. The summed E-state index contributed by atoms with van der Waals surface area (Å²) in [5.74, 6) is -1.27. The van der Waals surface area contributed by atoms with Crippen LogP contribution in [-0.2, 0) is 0 Å². The summed E-state index contributed by atoms with van der Waals surface area (Å²) < 4.78 is 52.5. The molecule has 2 aromatic carbocycles. The summed E-state index contributed by atoms with van der Waals surface area (Å²) in [5.41, 5.74) is 2.63. The number of amides is 1. The zero-order valence-corrected chi connectivity index (χ0v) is 19.2. The molecular formula is C26H26F2N6O. The number of aromatic amines is 1. The Hall–Kier alpha value is -3.85. The SMILES string of the molecule is [2H]C([2H])([2H])N1CC(c2ccc(NC(=O)c3c[nH]c(-c4c(-c5ccc(F)cc5)ncn4C(C)C)n3)c(F)c2)C1. The molecule has 180 valence electrons. The molecule has 4 aromatic rings. The molecule has 35 heavy (non-hydrogen) atoms. The van der Waals surface area contributed by atoms with Crippen LogP contribution in [-0.4, -0.2) is 50.4 Å². The number of aromatic nitrogens is 4. The minimum atomic E-state index is -2.15. The number of H-pyrrole nitrogens is 1. The minimum Gasteiger partial charge on any atom is -0.342 e. The maximum Gasteiger partial charge on any atom is 0.275 e. The first-order valence-electron chi connectivity index (χ1n) is 12.8. The molecular weight excluding hydrogens is 450 g/mol. The van der Waals surface area contributed by atoms with Gasteiger partial charge in [-0.15, -0.1) is 0 Å². The number of nitrogens with one attached hydrogen (secondary N) is 2. The molecule has 0 atom stereocenters. The van der Waals surface area contributed by atoms with Crippen molar-refractivity contribution in [2.75, 3.05) is 25.4 Å². The fourth-order valence-electron chi connectivity index (χ4n) is 4.13. The van der Waals surface area contributed by atoms with Gasteiger partial charge < -0.3 is 19.8 Å². The first-order chi connectivity index (χ1) is 18.0. The van der Waals surface area contributed by atoms with Crippen LogP contribution in [0.3, 0.4) is 0 Å². The second kappa shape index (κ2) is 9.07. The molecule has 0 aliphatic carbocycles. The fraction of sp³-hybridized carbons (Fsp3) is 0.269. The molecule has 0 spiro atoms. The van der Waals surface area contributed by atoms with Crippen molar-refractivity contribution >= 4 is 11.6 Å². The summed E-state index contributed by atoms with van der Waals surface area (Å²) in [5, 5.41) is 2.55. The lowest BCUT2D eigenvalue weighted by Crippen LogP contribution is -2.41. The largest absolute Gasteiger partial charge is 0.342 e. The highest BCUT2D eigenvalue weighted by atomic mass is 19.1. The van der Waals surface area contributed by atoms with Gasteiger partial charge in [0, 0.05) is 40.9 Å². The van der Waals surface area contributed by atoms with Crippen LogP contribution < -0.4 is 5.32 Å².